The third-order valence-corrected chi connectivity index (χ3v) is 3.59. The zero-order chi connectivity index (χ0) is 16.8. The van der Waals surface area contributed by atoms with Crippen molar-refractivity contribution in [2.75, 3.05) is 5.32 Å². The smallest absolute Gasteiger partial charge is 0.130 e. The highest BCUT2D eigenvalue weighted by Crippen LogP contribution is 2.19. The van der Waals surface area contributed by atoms with Crippen LogP contribution in [0.2, 0.25) is 0 Å². The molecule has 0 fully saturated rings. The summed E-state index contributed by atoms with van der Waals surface area (Å²) in [6.45, 7) is 4.45. The van der Waals surface area contributed by atoms with E-state index in [1.165, 1.54) is 0 Å². The molecule has 0 aromatic heterocycles. The van der Waals surface area contributed by atoms with Gasteiger partial charge in [0.05, 0.1) is 6.34 Å². The normalized spacial score (nSPS) is 10.4. The van der Waals surface area contributed by atoms with E-state index in [1.807, 2.05) is 32.0 Å². The fourth-order valence-corrected chi connectivity index (χ4v) is 2.20. The van der Waals surface area contributed by atoms with Crippen molar-refractivity contribution in [3.8, 4) is 0 Å². The second kappa shape index (κ2) is 7.54. The molecule has 0 heterocycles. The predicted molar refractivity (Wildman–Crippen MR) is 93.0 cm³/mol. The number of benzene rings is 2. The molecule has 0 aliphatic rings. The van der Waals surface area contributed by atoms with E-state index in [0.29, 0.717) is 23.6 Å². The van der Waals surface area contributed by atoms with E-state index in [2.05, 4.69) is 10.6 Å². The Morgan fingerprint density at radius 3 is 2.65 bits per heavy atom. The maximum absolute atomic E-state index is 14.1. The molecule has 0 atom stereocenters. The summed E-state index contributed by atoms with van der Waals surface area (Å²) >= 11 is 0. The van der Waals surface area contributed by atoms with Crippen LogP contribution in [0.25, 0.3) is 0 Å². The van der Waals surface area contributed by atoms with Gasteiger partial charge in [-0.15, -0.1) is 0 Å². The van der Waals surface area contributed by atoms with Crippen molar-refractivity contribution in [3.05, 3.63) is 65.0 Å². The van der Waals surface area contributed by atoms with E-state index in [0.717, 1.165) is 17.6 Å². The van der Waals surface area contributed by atoms with Crippen LogP contribution in [0.1, 0.15) is 36.5 Å². The van der Waals surface area contributed by atoms with E-state index in [4.69, 9.17) is 10.8 Å². The summed E-state index contributed by atoms with van der Waals surface area (Å²) in [6.07, 6.45) is 0.966. The Morgan fingerprint density at radius 2 is 2.00 bits per heavy atom. The summed E-state index contributed by atoms with van der Waals surface area (Å²) in [5, 5.41) is 20.4. The summed E-state index contributed by atoms with van der Waals surface area (Å²) in [4.78, 5) is 0. The lowest BCUT2D eigenvalue weighted by Gasteiger charge is -2.11. The van der Waals surface area contributed by atoms with Gasteiger partial charge >= 0.3 is 0 Å². The predicted octanol–water partition coefficient (Wildman–Crippen LogP) is 4.08. The van der Waals surface area contributed by atoms with Crippen LogP contribution >= 0.6 is 0 Å². The molecule has 0 unspecified atom stereocenters. The van der Waals surface area contributed by atoms with Gasteiger partial charge in [0.1, 0.15) is 11.7 Å². The van der Waals surface area contributed by atoms with E-state index < -0.39 is 0 Å². The average molecular weight is 312 g/mol. The zero-order valence-electron chi connectivity index (χ0n) is 13.3. The molecular formula is C18H21FN4. The van der Waals surface area contributed by atoms with Crippen molar-refractivity contribution in [1.82, 2.24) is 5.32 Å². The van der Waals surface area contributed by atoms with E-state index in [1.54, 1.807) is 24.3 Å². The topological polar surface area (TPSA) is 71.8 Å². The van der Waals surface area contributed by atoms with Crippen LogP contribution in [0.4, 0.5) is 10.1 Å². The van der Waals surface area contributed by atoms with Crippen LogP contribution in [-0.2, 0) is 6.54 Å². The average Bonchev–Trinajstić information content (AvgIpc) is 2.54. The van der Waals surface area contributed by atoms with Crippen molar-refractivity contribution >= 4 is 17.9 Å². The molecule has 0 saturated heterocycles. The van der Waals surface area contributed by atoms with Gasteiger partial charge in [-0.3, -0.25) is 10.8 Å². The van der Waals surface area contributed by atoms with Crippen LogP contribution in [-0.4, -0.2) is 12.2 Å². The Labute approximate surface area is 135 Å². The molecule has 5 heteroatoms. The Hall–Kier alpha value is -2.69. The first-order chi connectivity index (χ1) is 11.0. The maximum Gasteiger partial charge on any atom is 0.130 e. The molecule has 120 valence electrons. The van der Waals surface area contributed by atoms with Gasteiger partial charge < -0.3 is 10.6 Å². The summed E-state index contributed by atoms with van der Waals surface area (Å²) in [5.41, 5.74) is 3.05. The van der Waals surface area contributed by atoms with E-state index in [-0.39, 0.29) is 11.7 Å². The minimum absolute atomic E-state index is 0.149. The molecule has 2 aromatic rings. The molecule has 0 radical (unpaired) electrons. The number of hydrogen-bond acceptors (Lipinski definition) is 3. The molecule has 0 aliphatic heterocycles. The van der Waals surface area contributed by atoms with Gasteiger partial charge in [-0.2, -0.15) is 0 Å². The van der Waals surface area contributed by atoms with Gasteiger partial charge in [-0.1, -0.05) is 38.1 Å². The van der Waals surface area contributed by atoms with Crippen LogP contribution in [0.15, 0.2) is 42.5 Å². The van der Waals surface area contributed by atoms with Crippen LogP contribution < -0.4 is 10.6 Å². The largest absolute Gasteiger partial charge is 0.381 e. The number of amidine groups is 1. The lowest BCUT2D eigenvalue weighted by molar-refractivity contribution is 0.608. The molecule has 2 rings (SSSR count). The fourth-order valence-electron chi connectivity index (χ4n) is 2.20. The maximum atomic E-state index is 14.1. The quantitative estimate of drug-likeness (QED) is 0.479. The van der Waals surface area contributed by atoms with Gasteiger partial charge in [0, 0.05) is 23.4 Å². The molecule has 0 bridgehead atoms. The molecule has 4 nitrogen and oxygen atoms in total. The van der Waals surface area contributed by atoms with Crippen molar-refractivity contribution in [2.45, 2.75) is 26.3 Å². The number of hydrogen-bond donors (Lipinski definition) is 4. The molecule has 2 aromatic carbocycles. The van der Waals surface area contributed by atoms with Crippen molar-refractivity contribution in [2.24, 2.45) is 0 Å². The Balaban J connectivity index is 2.08. The molecule has 4 N–H and O–H groups in total. The number of halogens is 1. The Morgan fingerprint density at radius 1 is 1.22 bits per heavy atom. The summed E-state index contributed by atoms with van der Waals surface area (Å²) in [7, 11) is 0. The van der Waals surface area contributed by atoms with E-state index in [9.17, 15) is 4.39 Å². The number of nitrogens with one attached hydrogen (secondary N) is 4. The van der Waals surface area contributed by atoms with Gasteiger partial charge in [-0.25, -0.2) is 4.39 Å². The van der Waals surface area contributed by atoms with Crippen molar-refractivity contribution in [1.29, 1.82) is 10.8 Å². The molecule has 0 amide bonds. The number of anilines is 1. The third-order valence-electron chi connectivity index (χ3n) is 3.59. The molecule has 23 heavy (non-hydrogen) atoms. The van der Waals surface area contributed by atoms with Gasteiger partial charge in [0.15, 0.2) is 0 Å². The van der Waals surface area contributed by atoms with Gasteiger partial charge in [0.2, 0.25) is 0 Å². The second-order valence-corrected chi connectivity index (χ2v) is 5.60. The first-order valence-electron chi connectivity index (χ1n) is 7.48. The monoisotopic (exact) mass is 312 g/mol. The molecule has 0 aliphatic carbocycles. The lowest BCUT2D eigenvalue weighted by atomic mass is 10.0. The number of rotatable bonds is 6. The first-order valence-corrected chi connectivity index (χ1v) is 7.48. The second-order valence-electron chi connectivity index (χ2n) is 5.60. The summed E-state index contributed by atoms with van der Waals surface area (Å²) in [6, 6.07) is 12.6. The van der Waals surface area contributed by atoms with Crippen molar-refractivity contribution in [3.63, 3.8) is 0 Å². The zero-order valence-corrected chi connectivity index (χ0v) is 13.3. The summed E-state index contributed by atoms with van der Waals surface area (Å²) in [5.74, 6) is 0.240. The molecular weight excluding hydrogens is 291 g/mol. The molecule has 0 saturated carbocycles. The minimum Gasteiger partial charge on any atom is -0.381 e. The highest BCUT2D eigenvalue weighted by Gasteiger charge is 2.07. The Bertz CT molecular complexity index is 710. The highest BCUT2D eigenvalue weighted by molar-refractivity contribution is 6.02. The SMILES string of the molecule is CC(C)c1ccc(CNc2cccc(C(=N)NC=N)c2)c(F)c1. The van der Waals surface area contributed by atoms with Crippen LogP contribution in [0.3, 0.4) is 0 Å². The molecule has 0 spiro atoms. The standard InChI is InChI=1S/C18H21FN4/c1-12(2)13-6-7-15(17(19)9-13)10-22-16-5-3-4-14(8-16)18(21)23-11-20/h3-9,11-12,22H,10H2,1-2H3,(H3,20,21,23). The Kier molecular flexibility index (Phi) is 5.46. The highest BCUT2D eigenvalue weighted by atomic mass is 19.1. The first kappa shape index (κ1) is 16.7. The fraction of sp³-hybridized carbons (Fsp3) is 0.222. The van der Waals surface area contributed by atoms with Crippen LogP contribution in [0, 0.1) is 16.6 Å². The third kappa shape index (κ3) is 4.39. The van der Waals surface area contributed by atoms with Crippen LogP contribution in [0.5, 0.6) is 0 Å². The lowest BCUT2D eigenvalue weighted by Crippen LogP contribution is -2.20. The van der Waals surface area contributed by atoms with Gasteiger partial charge in [-0.05, 0) is 29.7 Å². The summed E-state index contributed by atoms with van der Waals surface area (Å²) < 4.78 is 14.1. The van der Waals surface area contributed by atoms with Crippen molar-refractivity contribution < 1.29 is 4.39 Å². The van der Waals surface area contributed by atoms with Gasteiger partial charge in [0.25, 0.3) is 0 Å². The van der Waals surface area contributed by atoms with E-state index >= 15 is 0 Å². The minimum atomic E-state index is -0.210.